The summed E-state index contributed by atoms with van der Waals surface area (Å²) in [7, 11) is 0. The van der Waals surface area contributed by atoms with E-state index in [4.69, 9.17) is 15.2 Å². The SMILES string of the molecule is NC(=O)CC1CCN(C(=O)COCCOc2ccccc2)CC1. The highest BCUT2D eigenvalue weighted by Crippen LogP contribution is 2.20. The standard InChI is InChI=1S/C17H24N2O4/c18-16(20)12-14-6-8-19(9-7-14)17(21)13-22-10-11-23-15-4-2-1-3-5-15/h1-5,14H,6-13H2,(H2,18,20). The Bertz CT molecular complexity index is 499. The predicted molar refractivity (Wildman–Crippen MR) is 85.9 cm³/mol. The first-order valence-corrected chi connectivity index (χ1v) is 7.97. The predicted octanol–water partition coefficient (Wildman–Crippen LogP) is 1.20. The molecule has 2 amide bonds. The Morgan fingerprint density at radius 1 is 1.13 bits per heavy atom. The summed E-state index contributed by atoms with van der Waals surface area (Å²) in [5.41, 5.74) is 5.20. The van der Waals surface area contributed by atoms with Gasteiger partial charge in [-0.2, -0.15) is 0 Å². The molecule has 0 bridgehead atoms. The number of para-hydroxylation sites is 1. The van der Waals surface area contributed by atoms with Gasteiger partial charge in [0.15, 0.2) is 0 Å². The zero-order chi connectivity index (χ0) is 16.5. The number of hydrogen-bond acceptors (Lipinski definition) is 4. The lowest BCUT2D eigenvalue weighted by atomic mass is 9.93. The monoisotopic (exact) mass is 320 g/mol. The summed E-state index contributed by atoms with van der Waals surface area (Å²) in [6.07, 6.45) is 2.06. The topological polar surface area (TPSA) is 81.9 Å². The molecule has 0 radical (unpaired) electrons. The van der Waals surface area contributed by atoms with Gasteiger partial charge < -0.3 is 20.1 Å². The van der Waals surface area contributed by atoms with E-state index in [9.17, 15) is 9.59 Å². The van der Waals surface area contributed by atoms with Gasteiger partial charge in [-0.25, -0.2) is 0 Å². The van der Waals surface area contributed by atoms with Gasteiger partial charge in [-0.3, -0.25) is 9.59 Å². The van der Waals surface area contributed by atoms with Gasteiger partial charge in [-0.15, -0.1) is 0 Å². The van der Waals surface area contributed by atoms with Crippen LogP contribution < -0.4 is 10.5 Å². The molecule has 0 spiro atoms. The summed E-state index contributed by atoms with van der Waals surface area (Å²) >= 11 is 0. The van der Waals surface area contributed by atoms with Crippen LogP contribution in [0.25, 0.3) is 0 Å². The number of carbonyl (C=O) groups excluding carboxylic acids is 2. The van der Waals surface area contributed by atoms with Gasteiger partial charge in [0.2, 0.25) is 11.8 Å². The zero-order valence-electron chi connectivity index (χ0n) is 13.3. The van der Waals surface area contributed by atoms with E-state index in [1.807, 2.05) is 30.3 Å². The van der Waals surface area contributed by atoms with Gasteiger partial charge in [0.25, 0.3) is 0 Å². The Labute approximate surface area is 136 Å². The number of nitrogens with two attached hydrogens (primary N) is 1. The number of amides is 2. The first-order chi connectivity index (χ1) is 11.1. The molecule has 0 unspecified atom stereocenters. The van der Waals surface area contributed by atoms with Crippen LogP contribution in [-0.2, 0) is 14.3 Å². The maximum atomic E-state index is 12.0. The molecule has 0 aromatic heterocycles. The second-order valence-corrected chi connectivity index (χ2v) is 5.71. The molecule has 1 heterocycles. The molecular formula is C17H24N2O4. The Hall–Kier alpha value is -2.08. The van der Waals surface area contributed by atoms with Crippen LogP contribution >= 0.6 is 0 Å². The van der Waals surface area contributed by atoms with Crippen LogP contribution in [0.5, 0.6) is 5.75 Å². The minimum atomic E-state index is -0.267. The lowest BCUT2D eigenvalue weighted by Gasteiger charge is -2.31. The molecule has 0 saturated carbocycles. The molecule has 1 saturated heterocycles. The van der Waals surface area contributed by atoms with Gasteiger partial charge in [-0.1, -0.05) is 18.2 Å². The van der Waals surface area contributed by atoms with Crippen LogP contribution in [-0.4, -0.2) is 49.6 Å². The fourth-order valence-electron chi connectivity index (χ4n) is 2.66. The maximum absolute atomic E-state index is 12.0. The first kappa shape index (κ1) is 17.3. The highest BCUT2D eigenvalue weighted by Gasteiger charge is 2.23. The molecule has 23 heavy (non-hydrogen) atoms. The fourth-order valence-corrected chi connectivity index (χ4v) is 2.66. The van der Waals surface area contributed by atoms with Crippen LogP contribution in [0.15, 0.2) is 30.3 Å². The van der Waals surface area contributed by atoms with E-state index < -0.39 is 0 Å². The molecule has 1 aromatic rings. The van der Waals surface area contributed by atoms with Crippen molar-refractivity contribution < 1.29 is 19.1 Å². The van der Waals surface area contributed by atoms with Gasteiger partial charge in [0.05, 0.1) is 6.61 Å². The summed E-state index contributed by atoms with van der Waals surface area (Å²) in [6.45, 7) is 2.19. The van der Waals surface area contributed by atoms with Crippen LogP contribution in [0.2, 0.25) is 0 Å². The third kappa shape index (κ3) is 6.28. The van der Waals surface area contributed by atoms with E-state index in [0.717, 1.165) is 18.6 Å². The van der Waals surface area contributed by atoms with E-state index in [1.165, 1.54) is 0 Å². The van der Waals surface area contributed by atoms with Gasteiger partial charge >= 0.3 is 0 Å². The summed E-state index contributed by atoms with van der Waals surface area (Å²) in [5, 5.41) is 0. The third-order valence-corrected chi connectivity index (χ3v) is 3.92. The lowest BCUT2D eigenvalue weighted by Crippen LogP contribution is -2.41. The average Bonchev–Trinajstić information content (AvgIpc) is 2.55. The summed E-state index contributed by atoms with van der Waals surface area (Å²) < 4.78 is 10.9. The summed E-state index contributed by atoms with van der Waals surface area (Å²) in [6, 6.07) is 9.49. The van der Waals surface area contributed by atoms with Gasteiger partial charge in [0, 0.05) is 19.5 Å². The van der Waals surface area contributed by atoms with E-state index in [-0.39, 0.29) is 18.4 Å². The van der Waals surface area contributed by atoms with E-state index in [0.29, 0.717) is 38.6 Å². The first-order valence-electron chi connectivity index (χ1n) is 7.97. The maximum Gasteiger partial charge on any atom is 0.248 e. The number of hydrogen-bond donors (Lipinski definition) is 1. The second kappa shape index (κ2) is 9.15. The number of primary amides is 1. The highest BCUT2D eigenvalue weighted by atomic mass is 16.5. The van der Waals surface area contributed by atoms with Crippen molar-refractivity contribution in [1.29, 1.82) is 0 Å². The van der Waals surface area contributed by atoms with Crippen molar-refractivity contribution in [1.82, 2.24) is 4.90 Å². The molecular weight excluding hydrogens is 296 g/mol. The second-order valence-electron chi connectivity index (χ2n) is 5.71. The molecule has 6 heteroatoms. The molecule has 2 N–H and O–H groups in total. The number of rotatable bonds is 8. The Kier molecular flexibility index (Phi) is 6.87. The number of ether oxygens (including phenoxy) is 2. The molecule has 1 aliphatic rings. The number of nitrogens with zero attached hydrogens (tertiary/aromatic N) is 1. The minimum absolute atomic E-state index is 0.0118. The van der Waals surface area contributed by atoms with Crippen molar-refractivity contribution >= 4 is 11.8 Å². The average molecular weight is 320 g/mol. The Balaban J connectivity index is 1.56. The minimum Gasteiger partial charge on any atom is -0.491 e. The molecule has 6 nitrogen and oxygen atoms in total. The molecule has 2 rings (SSSR count). The van der Waals surface area contributed by atoms with E-state index in [1.54, 1.807) is 4.90 Å². The van der Waals surface area contributed by atoms with Crippen molar-refractivity contribution in [2.24, 2.45) is 11.7 Å². The highest BCUT2D eigenvalue weighted by molar-refractivity contribution is 5.77. The summed E-state index contributed by atoms with van der Waals surface area (Å²) in [4.78, 5) is 24.7. The van der Waals surface area contributed by atoms with Crippen molar-refractivity contribution in [3.8, 4) is 5.75 Å². The zero-order valence-corrected chi connectivity index (χ0v) is 13.3. The quantitative estimate of drug-likeness (QED) is 0.730. The number of likely N-dealkylation sites (tertiary alicyclic amines) is 1. The molecule has 0 atom stereocenters. The number of benzene rings is 1. The van der Waals surface area contributed by atoms with Crippen molar-refractivity contribution in [2.75, 3.05) is 32.9 Å². The van der Waals surface area contributed by atoms with Crippen LogP contribution in [0.3, 0.4) is 0 Å². The molecule has 1 fully saturated rings. The third-order valence-electron chi connectivity index (χ3n) is 3.92. The number of piperidine rings is 1. The molecule has 1 aliphatic heterocycles. The Morgan fingerprint density at radius 2 is 1.83 bits per heavy atom. The largest absolute Gasteiger partial charge is 0.491 e. The van der Waals surface area contributed by atoms with Crippen LogP contribution in [0.1, 0.15) is 19.3 Å². The fraction of sp³-hybridized carbons (Fsp3) is 0.529. The van der Waals surface area contributed by atoms with Crippen LogP contribution in [0, 0.1) is 5.92 Å². The van der Waals surface area contributed by atoms with Crippen molar-refractivity contribution in [3.63, 3.8) is 0 Å². The smallest absolute Gasteiger partial charge is 0.248 e. The number of carbonyl (C=O) groups is 2. The molecule has 0 aliphatic carbocycles. The lowest BCUT2D eigenvalue weighted by molar-refractivity contribution is -0.137. The van der Waals surface area contributed by atoms with Crippen molar-refractivity contribution in [3.05, 3.63) is 30.3 Å². The summed E-state index contributed by atoms with van der Waals surface area (Å²) in [5.74, 6) is 0.814. The molecule has 1 aromatic carbocycles. The van der Waals surface area contributed by atoms with Gasteiger partial charge in [0.1, 0.15) is 19.0 Å². The van der Waals surface area contributed by atoms with Gasteiger partial charge in [-0.05, 0) is 30.9 Å². The normalized spacial score (nSPS) is 15.4. The van der Waals surface area contributed by atoms with E-state index >= 15 is 0 Å². The molecule has 126 valence electrons. The Morgan fingerprint density at radius 3 is 2.48 bits per heavy atom. The van der Waals surface area contributed by atoms with Crippen LogP contribution in [0.4, 0.5) is 0 Å². The van der Waals surface area contributed by atoms with Crippen molar-refractivity contribution in [2.45, 2.75) is 19.3 Å². The van der Waals surface area contributed by atoms with E-state index in [2.05, 4.69) is 0 Å².